The fourth-order valence-electron chi connectivity index (χ4n) is 1.70. The molecule has 1 atom stereocenters. The van der Waals surface area contributed by atoms with Crippen LogP contribution in [0.3, 0.4) is 0 Å². The first-order valence-corrected chi connectivity index (χ1v) is 8.97. The fraction of sp³-hybridized carbons (Fsp3) is 0.364. The molecule has 0 bridgehead atoms. The second-order valence-corrected chi connectivity index (χ2v) is 8.39. The predicted molar refractivity (Wildman–Crippen MR) is 82.1 cm³/mol. The Balaban J connectivity index is 2.22. The summed E-state index contributed by atoms with van der Waals surface area (Å²) < 4.78 is 28.0. The zero-order chi connectivity index (χ0) is 14.8. The maximum Gasteiger partial charge on any atom is 0.243 e. The van der Waals surface area contributed by atoms with E-state index < -0.39 is 10.0 Å². The maximum atomic E-state index is 12.4. The van der Waals surface area contributed by atoms with Gasteiger partial charge in [0.05, 0.1) is 9.98 Å². The first-order valence-electron chi connectivity index (χ1n) is 5.88. The van der Waals surface area contributed by atoms with Gasteiger partial charge < -0.3 is 5.32 Å². The number of aromatic nitrogens is 2. The van der Waals surface area contributed by atoms with E-state index in [0.717, 1.165) is 10.4 Å². The topological polar surface area (TPSA) is 86.9 Å². The van der Waals surface area contributed by atoms with Crippen LogP contribution in [-0.4, -0.2) is 25.7 Å². The molecule has 6 nitrogen and oxygen atoms in total. The molecule has 0 aliphatic carbocycles. The molecule has 2 heterocycles. The molecule has 1 unspecified atom stereocenters. The Morgan fingerprint density at radius 3 is 2.90 bits per heavy atom. The van der Waals surface area contributed by atoms with E-state index in [-0.39, 0.29) is 10.9 Å². The van der Waals surface area contributed by atoms with Crippen molar-refractivity contribution in [2.24, 2.45) is 0 Å². The van der Waals surface area contributed by atoms with E-state index in [9.17, 15) is 8.42 Å². The molecule has 0 fully saturated rings. The number of aromatic amines is 1. The first-order chi connectivity index (χ1) is 9.44. The van der Waals surface area contributed by atoms with E-state index in [2.05, 4.69) is 36.2 Å². The summed E-state index contributed by atoms with van der Waals surface area (Å²) in [4.78, 5) is 1.22. The standard InChI is InChI=1S/C11H15BrN4O2S2/c1-7(8-4-14-15-5-8)16-20(17,18)10-3-9(6-13-2)19-11(10)12/h3-5,7,13,16H,6H2,1-2H3,(H,14,15). The van der Waals surface area contributed by atoms with Gasteiger partial charge in [-0.05, 0) is 36.0 Å². The molecule has 110 valence electrons. The molecule has 0 amide bonds. The van der Waals surface area contributed by atoms with Gasteiger partial charge in [0.2, 0.25) is 10.0 Å². The van der Waals surface area contributed by atoms with Crippen LogP contribution in [0.25, 0.3) is 0 Å². The molecule has 0 aliphatic heterocycles. The third-order valence-corrected chi connectivity index (χ3v) is 6.49. The zero-order valence-corrected chi connectivity index (χ0v) is 14.2. The van der Waals surface area contributed by atoms with Crippen LogP contribution >= 0.6 is 27.3 Å². The van der Waals surface area contributed by atoms with Crippen molar-refractivity contribution in [1.29, 1.82) is 0 Å². The molecule has 2 aromatic rings. The summed E-state index contributed by atoms with van der Waals surface area (Å²) in [5.74, 6) is 0. The van der Waals surface area contributed by atoms with Gasteiger partial charge in [0, 0.05) is 29.2 Å². The van der Waals surface area contributed by atoms with Gasteiger partial charge in [-0.15, -0.1) is 11.3 Å². The monoisotopic (exact) mass is 378 g/mol. The van der Waals surface area contributed by atoms with E-state index in [0.29, 0.717) is 10.3 Å². The minimum absolute atomic E-state index is 0.267. The van der Waals surface area contributed by atoms with Crippen molar-refractivity contribution >= 4 is 37.3 Å². The van der Waals surface area contributed by atoms with Crippen molar-refractivity contribution in [3.05, 3.63) is 32.7 Å². The van der Waals surface area contributed by atoms with Crippen LogP contribution in [0.15, 0.2) is 27.1 Å². The summed E-state index contributed by atoms with van der Waals surface area (Å²) in [6.45, 7) is 2.41. The summed E-state index contributed by atoms with van der Waals surface area (Å²) in [7, 11) is -1.75. The van der Waals surface area contributed by atoms with Gasteiger partial charge in [0.1, 0.15) is 4.90 Å². The number of H-pyrrole nitrogens is 1. The van der Waals surface area contributed by atoms with Crippen LogP contribution in [0.5, 0.6) is 0 Å². The second-order valence-electron chi connectivity index (χ2n) is 4.26. The van der Waals surface area contributed by atoms with Crippen LogP contribution in [0, 0.1) is 0 Å². The van der Waals surface area contributed by atoms with Crippen LogP contribution in [-0.2, 0) is 16.6 Å². The lowest BCUT2D eigenvalue weighted by molar-refractivity contribution is 0.567. The van der Waals surface area contributed by atoms with Crippen LogP contribution < -0.4 is 10.0 Å². The lowest BCUT2D eigenvalue weighted by Gasteiger charge is -2.11. The third kappa shape index (κ3) is 3.47. The molecule has 0 aliphatic rings. The number of nitrogens with zero attached hydrogens (tertiary/aromatic N) is 1. The molecule has 0 spiro atoms. The number of halogens is 1. The normalized spacial score (nSPS) is 13.6. The molecule has 3 N–H and O–H groups in total. The van der Waals surface area contributed by atoms with Gasteiger partial charge in [-0.25, -0.2) is 13.1 Å². The summed E-state index contributed by atoms with van der Waals surface area (Å²) in [6, 6.07) is 1.33. The highest BCUT2D eigenvalue weighted by Gasteiger charge is 2.23. The Labute approximate surface area is 130 Å². The summed E-state index contributed by atoms with van der Waals surface area (Å²) >= 11 is 4.72. The highest BCUT2D eigenvalue weighted by molar-refractivity contribution is 9.11. The number of sulfonamides is 1. The molecule has 2 rings (SSSR count). The van der Waals surface area contributed by atoms with Crippen LogP contribution in [0.2, 0.25) is 0 Å². The van der Waals surface area contributed by atoms with Gasteiger partial charge in [-0.1, -0.05) is 0 Å². The average molecular weight is 379 g/mol. The third-order valence-electron chi connectivity index (χ3n) is 2.70. The Morgan fingerprint density at radius 2 is 2.30 bits per heavy atom. The SMILES string of the molecule is CNCc1cc(S(=O)(=O)NC(C)c2cn[nH]c2)c(Br)s1. The fourth-order valence-corrected chi connectivity index (χ4v) is 5.63. The lowest BCUT2D eigenvalue weighted by Crippen LogP contribution is -2.26. The summed E-state index contributed by atoms with van der Waals surface area (Å²) in [6.07, 6.45) is 3.27. The van der Waals surface area contributed by atoms with Crippen molar-refractivity contribution in [3.8, 4) is 0 Å². The second kappa shape index (κ2) is 6.35. The summed E-state index contributed by atoms with van der Waals surface area (Å²) in [5, 5.41) is 9.49. The molecular formula is C11H15BrN4O2S2. The molecule has 0 saturated carbocycles. The van der Waals surface area contributed by atoms with Gasteiger partial charge in [-0.2, -0.15) is 5.10 Å². The maximum absolute atomic E-state index is 12.4. The molecule has 20 heavy (non-hydrogen) atoms. The molecule has 2 aromatic heterocycles. The number of hydrogen-bond donors (Lipinski definition) is 3. The van der Waals surface area contributed by atoms with Crippen molar-refractivity contribution in [2.75, 3.05) is 7.05 Å². The van der Waals surface area contributed by atoms with Gasteiger partial charge in [0.15, 0.2) is 0 Å². The minimum atomic E-state index is -3.57. The van der Waals surface area contributed by atoms with E-state index in [1.54, 1.807) is 25.4 Å². The average Bonchev–Trinajstić information content (AvgIpc) is 2.98. The lowest BCUT2D eigenvalue weighted by atomic mass is 10.2. The predicted octanol–water partition coefficient (Wildman–Crippen LogP) is 1.99. The highest BCUT2D eigenvalue weighted by Crippen LogP contribution is 2.32. The summed E-state index contributed by atoms with van der Waals surface area (Å²) in [5.41, 5.74) is 0.787. The largest absolute Gasteiger partial charge is 0.315 e. The van der Waals surface area contributed by atoms with Crippen molar-refractivity contribution in [3.63, 3.8) is 0 Å². The van der Waals surface area contributed by atoms with Crippen LogP contribution in [0.1, 0.15) is 23.4 Å². The number of thiophene rings is 1. The Bertz CT molecular complexity index is 667. The van der Waals surface area contributed by atoms with Gasteiger partial charge in [0.25, 0.3) is 0 Å². The Kier molecular flexibility index (Phi) is 4.97. The highest BCUT2D eigenvalue weighted by atomic mass is 79.9. The smallest absolute Gasteiger partial charge is 0.243 e. The number of rotatable bonds is 6. The van der Waals surface area contributed by atoms with E-state index >= 15 is 0 Å². The first kappa shape index (κ1) is 15.6. The Morgan fingerprint density at radius 1 is 1.55 bits per heavy atom. The van der Waals surface area contributed by atoms with Crippen molar-refractivity contribution in [2.45, 2.75) is 24.4 Å². The van der Waals surface area contributed by atoms with E-state index in [1.807, 2.05) is 7.05 Å². The minimum Gasteiger partial charge on any atom is -0.315 e. The van der Waals surface area contributed by atoms with Crippen LogP contribution in [0.4, 0.5) is 0 Å². The van der Waals surface area contributed by atoms with Gasteiger partial charge in [-0.3, -0.25) is 5.10 Å². The quantitative estimate of drug-likeness (QED) is 0.717. The number of hydrogen-bond acceptors (Lipinski definition) is 5. The van der Waals surface area contributed by atoms with Crippen molar-refractivity contribution < 1.29 is 8.42 Å². The molecular weight excluding hydrogens is 364 g/mol. The van der Waals surface area contributed by atoms with Gasteiger partial charge >= 0.3 is 0 Å². The molecule has 0 radical (unpaired) electrons. The van der Waals surface area contributed by atoms with E-state index in [4.69, 9.17) is 0 Å². The molecule has 0 saturated heterocycles. The molecule has 9 heteroatoms. The van der Waals surface area contributed by atoms with E-state index in [1.165, 1.54) is 11.3 Å². The molecule has 0 aromatic carbocycles. The number of nitrogens with one attached hydrogen (secondary N) is 3. The zero-order valence-electron chi connectivity index (χ0n) is 11.0. The van der Waals surface area contributed by atoms with Crippen molar-refractivity contribution in [1.82, 2.24) is 20.2 Å². The Hall–Kier alpha value is -0.740.